The number of hydrogen-bond donors (Lipinski definition) is 3. The maximum atomic E-state index is 5.24. The highest BCUT2D eigenvalue weighted by Gasteiger charge is 2.17. The first-order valence-corrected chi connectivity index (χ1v) is 9.76. The molecule has 0 fully saturated rings. The zero-order valence-corrected chi connectivity index (χ0v) is 17.1. The van der Waals surface area contributed by atoms with Gasteiger partial charge in [0.15, 0.2) is 10.3 Å². The molecule has 5 nitrogen and oxygen atoms in total. The lowest BCUT2D eigenvalue weighted by Gasteiger charge is -2.21. The first kappa shape index (κ1) is 19.7. The van der Waals surface area contributed by atoms with Gasteiger partial charge in [-0.1, -0.05) is 30.8 Å². The minimum Gasteiger partial charge on any atom is -0.357 e. The van der Waals surface area contributed by atoms with Gasteiger partial charge in [0.1, 0.15) is 0 Å². The van der Waals surface area contributed by atoms with Gasteiger partial charge in [0, 0.05) is 16.5 Å². The van der Waals surface area contributed by atoms with Crippen molar-refractivity contribution in [3.05, 3.63) is 29.8 Å². The average Bonchev–Trinajstić information content (AvgIpc) is 2.99. The van der Waals surface area contributed by atoms with E-state index in [2.05, 4.69) is 53.8 Å². The Labute approximate surface area is 160 Å². The van der Waals surface area contributed by atoms with Gasteiger partial charge in [-0.15, -0.1) is 0 Å². The third-order valence-electron chi connectivity index (χ3n) is 3.54. The van der Waals surface area contributed by atoms with Crippen molar-refractivity contribution in [3.8, 4) is 0 Å². The lowest BCUT2D eigenvalue weighted by atomic mass is 10.1. The van der Waals surface area contributed by atoms with Crippen LogP contribution in [-0.4, -0.2) is 33.3 Å². The van der Waals surface area contributed by atoms with Crippen LogP contribution in [-0.2, 0) is 0 Å². The van der Waals surface area contributed by atoms with Crippen LogP contribution in [0.2, 0.25) is 0 Å². The standard InChI is InChI=1S/C18H27N5S2/c1-6-15-11-19-17(25-15)20-14-9-7-13(8-10-14)12(2)22-23-16(24)21-18(3,4)5/h7-10,15H,6,11H2,1-5H3,(H,19,20)(H2,21,23,24)/b22-12-/t15-/m0/s1. The fourth-order valence-corrected chi connectivity index (χ4v) is 3.49. The number of nitrogens with zero attached hydrogens (tertiary/aromatic N) is 2. The van der Waals surface area contributed by atoms with E-state index < -0.39 is 0 Å². The van der Waals surface area contributed by atoms with E-state index in [0.717, 1.165) is 35.1 Å². The fraction of sp³-hybridized carbons (Fsp3) is 0.500. The number of thiocarbonyl (C=S) groups is 1. The molecule has 3 N–H and O–H groups in total. The Bertz CT molecular complexity index is 659. The van der Waals surface area contributed by atoms with E-state index in [1.165, 1.54) is 0 Å². The smallest absolute Gasteiger partial charge is 0.187 e. The van der Waals surface area contributed by atoms with E-state index in [9.17, 15) is 0 Å². The summed E-state index contributed by atoms with van der Waals surface area (Å²) in [5.41, 5.74) is 5.77. The van der Waals surface area contributed by atoms with Crippen molar-refractivity contribution in [1.82, 2.24) is 10.7 Å². The third kappa shape index (κ3) is 6.66. The number of rotatable bonds is 4. The molecule has 1 heterocycles. The summed E-state index contributed by atoms with van der Waals surface area (Å²) in [7, 11) is 0. The van der Waals surface area contributed by atoms with Crippen molar-refractivity contribution in [3.63, 3.8) is 0 Å². The molecule has 136 valence electrons. The van der Waals surface area contributed by atoms with Crippen LogP contribution in [0, 0.1) is 0 Å². The Morgan fingerprint density at radius 1 is 1.32 bits per heavy atom. The first-order chi connectivity index (χ1) is 11.8. The quantitative estimate of drug-likeness (QED) is 0.421. The van der Waals surface area contributed by atoms with Gasteiger partial charge in [-0.2, -0.15) is 5.10 Å². The molecule has 0 spiro atoms. The number of aliphatic imine (C=N–C) groups is 1. The fourth-order valence-electron chi connectivity index (χ4n) is 2.18. The summed E-state index contributed by atoms with van der Waals surface area (Å²) in [5, 5.41) is 13.0. The van der Waals surface area contributed by atoms with Crippen LogP contribution in [0.3, 0.4) is 0 Å². The third-order valence-corrected chi connectivity index (χ3v) is 5.00. The predicted octanol–water partition coefficient (Wildman–Crippen LogP) is 3.97. The topological polar surface area (TPSA) is 60.8 Å². The van der Waals surface area contributed by atoms with E-state index in [4.69, 9.17) is 12.2 Å². The highest BCUT2D eigenvalue weighted by Crippen LogP contribution is 2.24. The molecule has 25 heavy (non-hydrogen) atoms. The van der Waals surface area contributed by atoms with Gasteiger partial charge >= 0.3 is 0 Å². The molecule has 0 bridgehead atoms. The van der Waals surface area contributed by atoms with Gasteiger partial charge in [0.05, 0.1) is 12.3 Å². The maximum Gasteiger partial charge on any atom is 0.187 e. The Balaban J connectivity index is 1.90. The van der Waals surface area contributed by atoms with Gasteiger partial charge in [0.2, 0.25) is 0 Å². The van der Waals surface area contributed by atoms with E-state index in [-0.39, 0.29) is 5.54 Å². The molecule has 0 aromatic heterocycles. The number of hydrogen-bond acceptors (Lipinski definition) is 5. The molecule has 2 rings (SSSR count). The summed E-state index contributed by atoms with van der Waals surface area (Å²) in [6, 6.07) is 8.17. The summed E-state index contributed by atoms with van der Waals surface area (Å²) in [5.74, 6) is 0. The Morgan fingerprint density at radius 3 is 2.56 bits per heavy atom. The van der Waals surface area contributed by atoms with Crippen LogP contribution in [0.15, 0.2) is 34.4 Å². The molecule has 0 radical (unpaired) electrons. The van der Waals surface area contributed by atoms with Crippen molar-refractivity contribution in [2.45, 2.75) is 51.8 Å². The molecule has 0 saturated heterocycles. The molecular weight excluding hydrogens is 350 g/mol. The van der Waals surface area contributed by atoms with Crippen LogP contribution >= 0.6 is 24.0 Å². The largest absolute Gasteiger partial charge is 0.357 e. The summed E-state index contributed by atoms with van der Waals surface area (Å²) in [6.45, 7) is 11.2. The molecule has 0 aliphatic carbocycles. The lowest BCUT2D eigenvalue weighted by molar-refractivity contribution is 0.508. The number of hydrazone groups is 1. The van der Waals surface area contributed by atoms with Crippen LogP contribution in [0.1, 0.15) is 46.6 Å². The number of benzene rings is 1. The molecule has 0 amide bonds. The second kappa shape index (κ2) is 8.67. The predicted molar refractivity (Wildman–Crippen MR) is 115 cm³/mol. The maximum absolute atomic E-state index is 5.24. The van der Waals surface area contributed by atoms with E-state index in [0.29, 0.717) is 10.4 Å². The van der Waals surface area contributed by atoms with Gasteiger partial charge in [-0.25, -0.2) is 0 Å². The van der Waals surface area contributed by atoms with Gasteiger partial charge in [-0.05, 0) is 64.0 Å². The van der Waals surface area contributed by atoms with E-state index in [1.54, 1.807) is 0 Å². The second-order valence-corrected chi connectivity index (χ2v) is 8.71. The van der Waals surface area contributed by atoms with Crippen molar-refractivity contribution < 1.29 is 0 Å². The molecule has 1 aromatic rings. The van der Waals surface area contributed by atoms with Gasteiger partial charge in [-0.3, -0.25) is 10.4 Å². The number of thioether (sulfide) groups is 1. The number of nitrogens with one attached hydrogen (secondary N) is 3. The molecule has 0 unspecified atom stereocenters. The number of anilines is 1. The molecule has 1 aliphatic rings. The minimum absolute atomic E-state index is 0.0847. The Hall–Kier alpha value is -1.60. The van der Waals surface area contributed by atoms with Crippen molar-refractivity contribution in [2.24, 2.45) is 10.1 Å². The van der Waals surface area contributed by atoms with Gasteiger partial charge in [0.25, 0.3) is 0 Å². The van der Waals surface area contributed by atoms with Crippen LogP contribution < -0.4 is 16.1 Å². The minimum atomic E-state index is -0.0847. The lowest BCUT2D eigenvalue weighted by Crippen LogP contribution is -2.44. The average molecular weight is 378 g/mol. The normalized spacial score (nSPS) is 17.9. The van der Waals surface area contributed by atoms with E-state index in [1.807, 2.05) is 43.0 Å². The molecule has 1 aromatic carbocycles. The summed E-state index contributed by atoms with van der Waals surface area (Å²) < 4.78 is 0. The zero-order chi connectivity index (χ0) is 18.4. The Morgan fingerprint density at radius 2 is 2.00 bits per heavy atom. The van der Waals surface area contributed by atoms with Crippen LogP contribution in [0.25, 0.3) is 0 Å². The van der Waals surface area contributed by atoms with Crippen molar-refractivity contribution in [1.29, 1.82) is 0 Å². The van der Waals surface area contributed by atoms with Crippen LogP contribution in [0.5, 0.6) is 0 Å². The first-order valence-electron chi connectivity index (χ1n) is 8.48. The second-order valence-electron chi connectivity index (χ2n) is 7.01. The Kier molecular flexibility index (Phi) is 6.84. The van der Waals surface area contributed by atoms with Crippen LogP contribution in [0.4, 0.5) is 5.69 Å². The highest BCUT2D eigenvalue weighted by molar-refractivity contribution is 8.15. The van der Waals surface area contributed by atoms with Crippen molar-refractivity contribution >= 4 is 45.7 Å². The van der Waals surface area contributed by atoms with Gasteiger partial charge < -0.3 is 10.6 Å². The molecule has 1 atom stereocenters. The summed E-state index contributed by atoms with van der Waals surface area (Å²) in [6.07, 6.45) is 1.15. The number of amidine groups is 1. The van der Waals surface area contributed by atoms with Crippen molar-refractivity contribution in [2.75, 3.05) is 11.9 Å². The zero-order valence-electron chi connectivity index (χ0n) is 15.5. The molecule has 1 aliphatic heterocycles. The van der Waals surface area contributed by atoms with E-state index >= 15 is 0 Å². The molecular formula is C18H27N5S2. The SMILES string of the molecule is CC[C@H]1CN=C(Nc2ccc(/C(C)=N\NC(=S)NC(C)(C)C)cc2)S1. The molecule has 0 saturated carbocycles. The summed E-state index contributed by atoms with van der Waals surface area (Å²) >= 11 is 7.05. The molecule has 7 heteroatoms. The highest BCUT2D eigenvalue weighted by atomic mass is 32.2. The summed E-state index contributed by atoms with van der Waals surface area (Å²) in [4.78, 5) is 4.53. The monoisotopic (exact) mass is 377 g/mol.